The summed E-state index contributed by atoms with van der Waals surface area (Å²) in [6.45, 7) is 2.21. The number of hydrogen-bond acceptors (Lipinski definition) is 4. The maximum Gasteiger partial charge on any atom is 0.226 e. The van der Waals surface area contributed by atoms with Crippen LogP contribution in [0.25, 0.3) is 10.2 Å². The van der Waals surface area contributed by atoms with Crippen molar-refractivity contribution in [2.75, 3.05) is 19.0 Å². The van der Waals surface area contributed by atoms with Gasteiger partial charge in [-0.1, -0.05) is 13.3 Å². The molecular formula is C12H17N3S. The monoisotopic (exact) mass is 235 g/mol. The van der Waals surface area contributed by atoms with Gasteiger partial charge in [-0.3, -0.25) is 0 Å². The number of anilines is 1. The minimum absolute atomic E-state index is 0.820. The van der Waals surface area contributed by atoms with Crippen molar-refractivity contribution in [3.63, 3.8) is 0 Å². The van der Waals surface area contributed by atoms with E-state index in [0.29, 0.717) is 0 Å². The molecule has 2 rings (SSSR count). The number of fused-ring (bicyclic) bond motifs is 1. The van der Waals surface area contributed by atoms with Gasteiger partial charge in [-0.15, -0.1) is 11.3 Å². The van der Waals surface area contributed by atoms with Crippen LogP contribution in [-0.2, 0) is 6.42 Å². The summed E-state index contributed by atoms with van der Waals surface area (Å²) in [5, 5.41) is 3.32. The Morgan fingerprint density at radius 1 is 1.31 bits per heavy atom. The molecule has 0 N–H and O–H groups in total. The smallest absolute Gasteiger partial charge is 0.226 e. The highest BCUT2D eigenvalue weighted by Gasteiger charge is 2.09. The molecular weight excluding hydrogens is 218 g/mol. The second kappa shape index (κ2) is 4.78. The predicted molar refractivity (Wildman–Crippen MR) is 70.4 cm³/mol. The van der Waals surface area contributed by atoms with Gasteiger partial charge < -0.3 is 4.90 Å². The number of rotatable bonds is 4. The number of unbranched alkanes of at least 4 members (excludes halogenated alkanes) is 1. The minimum atomic E-state index is 0.820. The fourth-order valence-corrected chi connectivity index (χ4v) is 2.42. The van der Waals surface area contributed by atoms with Crippen LogP contribution in [0.2, 0.25) is 0 Å². The van der Waals surface area contributed by atoms with E-state index in [9.17, 15) is 0 Å². The first-order chi connectivity index (χ1) is 7.72. The molecule has 0 aromatic carbocycles. The zero-order chi connectivity index (χ0) is 11.5. The molecule has 0 atom stereocenters. The highest BCUT2D eigenvalue weighted by molar-refractivity contribution is 7.16. The normalized spacial score (nSPS) is 10.9. The Morgan fingerprint density at radius 2 is 2.12 bits per heavy atom. The van der Waals surface area contributed by atoms with Crippen LogP contribution >= 0.6 is 11.3 Å². The van der Waals surface area contributed by atoms with Crippen LogP contribution < -0.4 is 4.90 Å². The summed E-state index contributed by atoms with van der Waals surface area (Å²) in [5.41, 5.74) is 1.19. The van der Waals surface area contributed by atoms with Gasteiger partial charge in [0.25, 0.3) is 0 Å². The number of nitrogens with zero attached hydrogens (tertiary/aromatic N) is 3. The van der Waals surface area contributed by atoms with E-state index in [4.69, 9.17) is 0 Å². The van der Waals surface area contributed by atoms with Gasteiger partial charge in [0.2, 0.25) is 5.95 Å². The summed E-state index contributed by atoms with van der Waals surface area (Å²) in [6, 6.07) is 2.13. The van der Waals surface area contributed by atoms with Gasteiger partial charge in [-0.25, -0.2) is 9.97 Å². The van der Waals surface area contributed by atoms with E-state index < -0.39 is 0 Å². The van der Waals surface area contributed by atoms with Crippen molar-refractivity contribution >= 4 is 27.5 Å². The Labute approximate surface area is 100 Å². The van der Waals surface area contributed by atoms with Crippen molar-refractivity contribution < 1.29 is 0 Å². The SMILES string of the molecule is CCCCc1nc(N(C)C)nc2sccc12. The van der Waals surface area contributed by atoms with Gasteiger partial charge >= 0.3 is 0 Å². The van der Waals surface area contributed by atoms with Gasteiger partial charge in [0.15, 0.2) is 0 Å². The molecule has 0 aliphatic carbocycles. The largest absolute Gasteiger partial charge is 0.347 e. The molecule has 0 fully saturated rings. The summed E-state index contributed by atoms with van der Waals surface area (Å²) < 4.78 is 0. The van der Waals surface area contributed by atoms with Crippen LogP contribution in [0, 0.1) is 0 Å². The second-order valence-corrected chi connectivity index (χ2v) is 5.00. The van der Waals surface area contributed by atoms with Gasteiger partial charge in [0.1, 0.15) is 4.83 Å². The summed E-state index contributed by atoms with van der Waals surface area (Å²) in [7, 11) is 3.97. The summed E-state index contributed by atoms with van der Waals surface area (Å²) in [5.74, 6) is 0.820. The third kappa shape index (κ3) is 2.16. The van der Waals surface area contributed by atoms with E-state index in [1.807, 2.05) is 19.0 Å². The third-order valence-electron chi connectivity index (χ3n) is 2.56. The topological polar surface area (TPSA) is 29.0 Å². The molecule has 0 spiro atoms. The molecule has 2 heterocycles. The lowest BCUT2D eigenvalue weighted by atomic mass is 10.1. The van der Waals surface area contributed by atoms with Crippen LogP contribution in [0.3, 0.4) is 0 Å². The van der Waals surface area contributed by atoms with E-state index in [1.54, 1.807) is 11.3 Å². The molecule has 0 bridgehead atoms. The lowest BCUT2D eigenvalue weighted by Gasteiger charge is -2.11. The molecule has 0 saturated carbocycles. The second-order valence-electron chi connectivity index (χ2n) is 4.11. The minimum Gasteiger partial charge on any atom is -0.347 e. The Morgan fingerprint density at radius 3 is 2.81 bits per heavy atom. The molecule has 0 unspecified atom stereocenters. The summed E-state index contributed by atoms with van der Waals surface area (Å²) in [4.78, 5) is 12.2. The van der Waals surface area contributed by atoms with E-state index in [2.05, 4.69) is 28.3 Å². The number of thiophene rings is 1. The molecule has 0 radical (unpaired) electrons. The first kappa shape index (κ1) is 11.3. The Hall–Kier alpha value is -1.16. The lowest BCUT2D eigenvalue weighted by Crippen LogP contribution is -2.13. The molecule has 16 heavy (non-hydrogen) atoms. The number of aromatic nitrogens is 2. The van der Waals surface area contributed by atoms with Crippen molar-refractivity contribution in [3.8, 4) is 0 Å². The maximum atomic E-state index is 4.63. The van der Waals surface area contributed by atoms with Crippen molar-refractivity contribution in [2.45, 2.75) is 26.2 Å². The summed E-state index contributed by atoms with van der Waals surface area (Å²) >= 11 is 1.69. The van der Waals surface area contributed by atoms with Crippen LogP contribution in [0.5, 0.6) is 0 Å². The van der Waals surface area contributed by atoms with Crippen molar-refractivity contribution in [2.24, 2.45) is 0 Å². The standard InChI is InChI=1S/C12H17N3S/c1-4-5-6-10-9-7-8-16-11(9)14-12(13-10)15(2)3/h7-8H,4-6H2,1-3H3. The molecule has 2 aromatic rings. The van der Waals surface area contributed by atoms with E-state index in [1.165, 1.54) is 23.9 Å². The Kier molecular flexibility index (Phi) is 3.39. The van der Waals surface area contributed by atoms with E-state index in [-0.39, 0.29) is 0 Å². The van der Waals surface area contributed by atoms with Crippen molar-refractivity contribution in [1.29, 1.82) is 0 Å². The van der Waals surface area contributed by atoms with Crippen LogP contribution in [0.4, 0.5) is 5.95 Å². The molecule has 86 valence electrons. The van der Waals surface area contributed by atoms with Gasteiger partial charge in [0, 0.05) is 19.5 Å². The molecule has 0 saturated heterocycles. The molecule has 0 aliphatic rings. The van der Waals surface area contributed by atoms with E-state index >= 15 is 0 Å². The zero-order valence-electron chi connectivity index (χ0n) is 10.0. The Balaban J connectivity index is 2.46. The highest BCUT2D eigenvalue weighted by Crippen LogP contribution is 2.24. The van der Waals surface area contributed by atoms with Gasteiger partial charge in [-0.2, -0.15) is 0 Å². The first-order valence-electron chi connectivity index (χ1n) is 5.63. The zero-order valence-corrected chi connectivity index (χ0v) is 10.8. The number of aryl methyl sites for hydroxylation is 1. The average molecular weight is 235 g/mol. The number of hydrogen-bond donors (Lipinski definition) is 0. The van der Waals surface area contributed by atoms with Crippen molar-refractivity contribution in [3.05, 3.63) is 17.1 Å². The molecule has 0 aliphatic heterocycles. The third-order valence-corrected chi connectivity index (χ3v) is 3.37. The quantitative estimate of drug-likeness (QED) is 0.815. The fourth-order valence-electron chi connectivity index (χ4n) is 1.64. The Bertz CT molecular complexity index is 476. The predicted octanol–water partition coefficient (Wildman–Crippen LogP) is 3.10. The first-order valence-corrected chi connectivity index (χ1v) is 6.51. The molecule has 0 amide bonds. The van der Waals surface area contributed by atoms with Gasteiger partial charge in [-0.05, 0) is 24.3 Å². The van der Waals surface area contributed by atoms with Crippen LogP contribution in [-0.4, -0.2) is 24.1 Å². The summed E-state index contributed by atoms with van der Waals surface area (Å²) in [6.07, 6.45) is 3.44. The van der Waals surface area contributed by atoms with Crippen LogP contribution in [0.15, 0.2) is 11.4 Å². The van der Waals surface area contributed by atoms with Crippen molar-refractivity contribution in [1.82, 2.24) is 9.97 Å². The molecule has 4 heteroatoms. The molecule has 2 aromatic heterocycles. The van der Waals surface area contributed by atoms with Crippen LogP contribution in [0.1, 0.15) is 25.5 Å². The lowest BCUT2D eigenvalue weighted by molar-refractivity contribution is 0.778. The average Bonchev–Trinajstić information content (AvgIpc) is 2.73. The highest BCUT2D eigenvalue weighted by atomic mass is 32.1. The maximum absolute atomic E-state index is 4.63. The van der Waals surface area contributed by atoms with Gasteiger partial charge in [0.05, 0.1) is 5.69 Å². The van der Waals surface area contributed by atoms with E-state index in [0.717, 1.165) is 17.2 Å². The molecule has 3 nitrogen and oxygen atoms in total. The fraction of sp³-hybridized carbons (Fsp3) is 0.500.